The highest BCUT2D eigenvalue weighted by Crippen LogP contribution is 2.24. The lowest BCUT2D eigenvalue weighted by atomic mass is 9.89. The molecular weight excluding hydrogens is 628 g/mol. The predicted octanol–water partition coefficient (Wildman–Crippen LogP) is 2.70. The molecule has 0 aromatic heterocycles. The van der Waals surface area contributed by atoms with Gasteiger partial charge in [0.25, 0.3) is 0 Å². The number of ketones is 1. The number of anilines is 1. The van der Waals surface area contributed by atoms with Crippen LogP contribution in [0.2, 0.25) is 0 Å². The van der Waals surface area contributed by atoms with Crippen molar-refractivity contribution in [3.05, 3.63) is 29.8 Å². The number of likely N-dealkylation sites (tertiary alicyclic amines) is 1. The van der Waals surface area contributed by atoms with Crippen molar-refractivity contribution in [1.82, 2.24) is 20.9 Å². The van der Waals surface area contributed by atoms with Crippen LogP contribution in [0.4, 0.5) is 15.3 Å². The molecule has 0 radical (unpaired) electrons. The van der Waals surface area contributed by atoms with E-state index in [0.717, 1.165) is 0 Å². The number of alkyl carbamates (subject to hydrolysis) is 1. The molecule has 1 aliphatic heterocycles. The second-order valence-corrected chi connectivity index (χ2v) is 12.8. The second-order valence-electron chi connectivity index (χ2n) is 11.7. The monoisotopic (exact) mass is 676 g/mol. The summed E-state index contributed by atoms with van der Waals surface area (Å²) >= 11 is 1.37. The van der Waals surface area contributed by atoms with Crippen molar-refractivity contribution < 1.29 is 38.3 Å². The smallest absolute Gasteiger partial charge is 0.407 e. The molecule has 47 heavy (non-hydrogen) atoms. The Morgan fingerprint density at radius 1 is 1.04 bits per heavy atom. The van der Waals surface area contributed by atoms with E-state index >= 15 is 0 Å². The molecule has 1 saturated heterocycles. The van der Waals surface area contributed by atoms with Crippen LogP contribution in [-0.2, 0) is 35.3 Å². The molecule has 2 rings (SSSR count). The Morgan fingerprint density at radius 3 is 2.34 bits per heavy atom. The average Bonchev–Trinajstić information content (AvgIpc) is 3.31. The molecule has 0 bridgehead atoms. The van der Waals surface area contributed by atoms with E-state index in [2.05, 4.69) is 21.3 Å². The normalized spacial score (nSPS) is 15.6. The minimum absolute atomic E-state index is 0.0551. The fraction of sp³-hybridized carbons (Fsp3) is 0.594. The van der Waals surface area contributed by atoms with E-state index < -0.39 is 24.1 Å². The maximum Gasteiger partial charge on any atom is 0.407 e. The van der Waals surface area contributed by atoms with Gasteiger partial charge in [0.15, 0.2) is 5.78 Å². The molecule has 0 saturated carbocycles. The van der Waals surface area contributed by atoms with Crippen LogP contribution in [0.5, 0.6) is 0 Å². The Hall–Kier alpha value is -4.14. The van der Waals surface area contributed by atoms with Crippen molar-refractivity contribution >= 4 is 59.0 Å². The molecule has 1 aromatic carbocycles. The SMILES string of the molecule is CNC(=O)OCc1ccc(NC(=O)[C@H](CCCNC(N)=O)CC(=O)[C@@H](NC(=O)CCCCCN2C(=O)CC(SC)C2=O)C(C)C)cc1. The first-order valence-electron chi connectivity index (χ1n) is 15.8. The fourth-order valence-electron chi connectivity index (χ4n) is 5.07. The fourth-order valence-corrected chi connectivity index (χ4v) is 5.71. The van der Waals surface area contributed by atoms with Gasteiger partial charge in [-0.15, -0.1) is 0 Å². The number of nitrogens with one attached hydrogen (secondary N) is 4. The van der Waals surface area contributed by atoms with Crippen molar-refractivity contribution in [3.8, 4) is 0 Å². The van der Waals surface area contributed by atoms with E-state index in [4.69, 9.17) is 10.5 Å². The van der Waals surface area contributed by atoms with Crippen LogP contribution >= 0.6 is 11.8 Å². The molecule has 1 fully saturated rings. The van der Waals surface area contributed by atoms with E-state index in [1.54, 1.807) is 24.3 Å². The van der Waals surface area contributed by atoms with Crippen molar-refractivity contribution in [2.75, 3.05) is 31.7 Å². The first kappa shape index (κ1) is 39.0. The van der Waals surface area contributed by atoms with E-state index in [1.807, 2.05) is 20.1 Å². The molecule has 3 atom stereocenters. The molecule has 7 amide bonds. The summed E-state index contributed by atoms with van der Waals surface area (Å²) in [6, 6.07) is 5.23. The lowest BCUT2D eigenvalue weighted by Crippen LogP contribution is -2.45. The summed E-state index contributed by atoms with van der Waals surface area (Å²) in [5.41, 5.74) is 6.35. The lowest BCUT2D eigenvalue weighted by Gasteiger charge is -2.24. The number of thioether (sulfide) groups is 1. The predicted molar refractivity (Wildman–Crippen MR) is 178 cm³/mol. The summed E-state index contributed by atoms with van der Waals surface area (Å²) in [5.74, 6) is -2.26. The first-order chi connectivity index (χ1) is 22.4. The number of amides is 7. The third kappa shape index (κ3) is 13.6. The number of nitrogens with zero attached hydrogens (tertiary/aromatic N) is 1. The van der Waals surface area contributed by atoms with E-state index in [9.17, 15) is 33.6 Å². The summed E-state index contributed by atoms with van der Waals surface area (Å²) in [6.07, 6.45) is 3.96. The van der Waals surface area contributed by atoms with Crippen molar-refractivity contribution in [2.45, 2.75) is 83.1 Å². The summed E-state index contributed by atoms with van der Waals surface area (Å²) < 4.78 is 5.02. The standard InChI is InChI=1S/C32H48N6O8S/c1-20(2)28(37-26(40)10-6-5-7-16-38-27(41)18-25(47-4)30(38)43)24(39)17-22(9-8-15-35-31(33)44)29(42)36-23-13-11-21(12-14-23)19-46-32(45)34-3/h11-14,20,22,25,28H,5-10,15-19H2,1-4H3,(H,34,45)(H,36,42)(H,37,40)(H3,33,35,44)/t22-,25?,28+/m1/s1. The number of Topliss-reactive ketones (excluding diaryl/α,β-unsaturated/α-hetero) is 1. The zero-order valence-corrected chi connectivity index (χ0v) is 28.4. The number of benzene rings is 1. The van der Waals surface area contributed by atoms with Crippen LogP contribution < -0.4 is 27.0 Å². The van der Waals surface area contributed by atoms with Gasteiger partial charge in [0, 0.05) is 51.0 Å². The number of nitrogens with two attached hydrogens (primary N) is 1. The highest BCUT2D eigenvalue weighted by molar-refractivity contribution is 8.00. The van der Waals surface area contributed by atoms with Crippen molar-refractivity contribution in [3.63, 3.8) is 0 Å². The number of hydrogen-bond acceptors (Lipinski definition) is 9. The molecule has 15 heteroatoms. The quantitative estimate of drug-likeness (QED) is 0.102. The van der Waals surface area contributed by atoms with Gasteiger partial charge in [0.1, 0.15) is 6.61 Å². The van der Waals surface area contributed by atoms with Gasteiger partial charge in [-0.1, -0.05) is 32.4 Å². The third-order valence-corrected chi connectivity index (χ3v) is 8.68. The number of carbonyl (C=O) groups excluding carboxylic acids is 7. The Labute approximate surface area is 280 Å². The van der Waals surface area contributed by atoms with Crippen LogP contribution in [-0.4, -0.2) is 84.1 Å². The highest BCUT2D eigenvalue weighted by atomic mass is 32.2. The molecule has 1 aliphatic rings. The van der Waals surface area contributed by atoms with Gasteiger partial charge in [-0.25, -0.2) is 9.59 Å². The number of carbonyl (C=O) groups is 7. The molecule has 260 valence electrons. The summed E-state index contributed by atoms with van der Waals surface area (Å²) in [5, 5.41) is 10.2. The van der Waals surface area contributed by atoms with E-state index in [1.165, 1.54) is 23.7 Å². The van der Waals surface area contributed by atoms with E-state index in [0.29, 0.717) is 43.5 Å². The number of rotatable bonds is 20. The molecular formula is C32H48N6O8S. The lowest BCUT2D eigenvalue weighted by molar-refractivity contribution is -0.138. The Kier molecular flexibility index (Phi) is 16.8. The molecule has 6 N–H and O–H groups in total. The number of ether oxygens (including phenoxy) is 1. The number of hydrogen-bond donors (Lipinski definition) is 5. The minimum atomic E-state index is -0.801. The molecule has 1 heterocycles. The number of imide groups is 1. The van der Waals surface area contributed by atoms with Crippen LogP contribution in [0.25, 0.3) is 0 Å². The maximum atomic E-state index is 13.5. The molecule has 1 unspecified atom stereocenters. The zero-order valence-electron chi connectivity index (χ0n) is 27.6. The molecule has 0 aliphatic carbocycles. The molecule has 14 nitrogen and oxygen atoms in total. The highest BCUT2D eigenvalue weighted by Gasteiger charge is 2.37. The second kappa shape index (κ2) is 20.2. The molecule has 0 spiro atoms. The Morgan fingerprint density at radius 2 is 1.74 bits per heavy atom. The molecule has 1 aromatic rings. The maximum absolute atomic E-state index is 13.5. The van der Waals surface area contributed by atoms with Crippen molar-refractivity contribution in [2.24, 2.45) is 17.6 Å². The minimum Gasteiger partial charge on any atom is -0.445 e. The van der Waals surface area contributed by atoms with Crippen LogP contribution in [0.1, 0.15) is 70.8 Å². The average molecular weight is 677 g/mol. The van der Waals surface area contributed by atoms with Gasteiger partial charge in [0.2, 0.25) is 23.6 Å². The van der Waals surface area contributed by atoms with Gasteiger partial charge in [-0.2, -0.15) is 11.8 Å². The third-order valence-electron chi connectivity index (χ3n) is 7.75. The number of urea groups is 1. The Bertz CT molecular complexity index is 1260. The van der Waals surface area contributed by atoms with Crippen molar-refractivity contribution in [1.29, 1.82) is 0 Å². The first-order valence-corrected chi connectivity index (χ1v) is 17.1. The Balaban J connectivity index is 1.93. The van der Waals surface area contributed by atoms with E-state index in [-0.39, 0.29) is 79.4 Å². The summed E-state index contributed by atoms with van der Waals surface area (Å²) in [7, 11) is 1.46. The van der Waals surface area contributed by atoms with Gasteiger partial charge in [0.05, 0.1) is 11.3 Å². The van der Waals surface area contributed by atoms with Gasteiger partial charge >= 0.3 is 12.1 Å². The number of primary amides is 1. The summed E-state index contributed by atoms with van der Waals surface area (Å²) in [4.78, 5) is 87.6. The van der Waals surface area contributed by atoms with Crippen LogP contribution in [0.15, 0.2) is 24.3 Å². The van der Waals surface area contributed by atoms with Gasteiger partial charge in [-0.3, -0.25) is 28.9 Å². The topological polar surface area (TPSA) is 206 Å². The number of unbranched alkanes of at least 4 members (excludes halogenated alkanes) is 2. The van der Waals surface area contributed by atoms with Gasteiger partial charge in [-0.05, 0) is 55.6 Å². The zero-order chi connectivity index (χ0) is 34.9. The van der Waals surface area contributed by atoms with Crippen LogP contribution in [0.3, 0.4) is 0 Å². The van der Waals surface area contributed by atoms with Gasteiger partial charge < -0.3 is 31.7 Å². The van der Waals surface area contributed by atoms with Crippen LogP contribution in [0, 0.1) is 11.8 Å². The largest absolute Gasteiger partial charge is 0.445 e. The summed E-state index contributed by atoms with van der Waals surface area (Å²) in [6.45, 7) is 4.25.